The molecule has 8 heteroatoms. The lowest BCUT2D eigenvalue weighted by Crippen LogP contribution is -2.51. The van der Waals surface area contributed by atoms with E-state index in [0.29, 0.717) is 22.7 Å². The molecule has 3 aliphatic rings. The molecule has 0 bridgehead atoms. The van der Waals surface area contributed by atoms with E-state index in [2.05, 4.69) is 5.32 Å². The molecule has 7 nitrogen and oxygen atoms in total. The van der Waals surface area contributed by atoms with Crippen LogP contribution in [-0.4, -0.2) is 43.8 Å². The first-order valence-corrected chi connectivity index (χ1v) is 14.3. The molecular weight excluding hydrogens is 564 g/mol. The number of anilines is 2. The van der Waals surface area contributed by atoms with Crippen LogP contribution in [0.2, 0.25) is 5.02 Å². The SMILES string of the molecule is COc1ccc(OC)c(C(=O)[C@@H]2[C@H](C(=O)c3ccccc3Cl)N3c4ccccc4C=C[C@@H]3[C@@]23C(=O)Nc2ccccc23)c1. The molecule has 1 saturated heterocycles. The number of nitrogens with zero attached hydrogens (tertiary/aromatic N) is 1. The van der Waals surface area contributed by atoms with Gasteiger partial charge in [-0.05, 0) is 53.6 Å². The highest BCUT2D eigenvalue weighted by molar-refractivity contribution is 6.34. The van der Waals surface area contributed by atoms with Crippen molar-refractivity contribution < 1.29 is 23.9 Å². The fourth-order valence-corrected chi connectivity index (χ4v) is 7.34. The van der Waals surface area contributed by atoms with Crippen LogP contribution in [0, 0.1) is 5.92 Å². The number of para-hydroxylation sites is 2. The van der Waals surface area contributed by atoms with Crippen LogP contribution >= 0.6 is 11.6 Å². The highest BCUT2D eigenvalue weighted by Gasteiger charge is 2.70. The topological polar surface area (TPSA) is 84.9 Å². The first-order chi connectivity index (χ1) is 20.9. The van der Waals surface area contributed by atoms with Crippen LogP contribution in [0.25, 0.3) is 6.08 Å². The number of ether oxygens (including phenoxy) is 2. The van der Waals surface area contributed by atoms with E-state index >= 15 is 4.79 Å². The molecule has 43 heavy (non-hydrogen) atoms. The van der Waals surface area contributed by atoms with Gasteiger partial charge in [0.15, 0.2) is 11.6 Å². The average Bonchev–Trinajstić information content (AvgIpc) is 3.52. The number of hydrogen-bond acceptors (Lipinski definition) is 6. The summed E-state index contributed by atoms with van der Waals surface area (Å²) in [6.07, 6.45) is 3.90. The highest BCUT2D eigenvalue weighted by atomic mass is 35.5. The van der Waals surface area contributed by atoms with E-state index in [-0.39, 0.29) is 27.8 Å². The fourth-order valence-electron chi connectivity index (χ4n) is 7.11. The molecular formula is C35H27ClN2O5. The molecule has 1 spiro atoms. The molecule has 4 aromatic rings. The third-order valence-electron chi connectivity index (χ3n) is 8.90. The monoisotopic (exact) mass is 590 g/mol. The Morgan fingerprint density at radius 1 is 0.860 bits per heavy atom. The van der Waals surface area contributed by atoms with Gasteiger partial charge in [0.2, 0.25) is 5.91 Å². The Morgan fingerprint density at radius 2 is 1.60 bits per heavy atom. The molecule has 1 N–H and O–H groups in total. The highest BCUT2D eigenvalue weighted by Crippen LogP contribution is 2.58. The Balaban J connectivity index is 1.56. The molecule has 3 heterocycles. The summed E-state index contributed by atoms with van der Waals surface area (Å²) in [5, 5.41) is 3.31. The minimum Gasteiger partial charge on any atom is -0.497 e. The summed E-state index contributed by atoms with van der Waals surface area (Å²) in [6.45, 7) is 0. The van der Waals surface area contributed by atoms with Crippen molar-refractivity contribution in [2.75, 3.05) is 24.4 Å². The van der Waals surface area contributed by atoms with Crippen LogP contribution in [0.15, 0.2) is 97.1 Å². The molecule has 1 amide bonds. The van der Waals surface area contributed by atoms with Crippen molar-refractivity contribution in [3.63, 3.8) is 0 Å². The molecule has 4 atom stereocenters. The van der Waals surface area contributed by atoms with Gasteiger partial charge in [-0.1, -0.05) is 72.3 Å². The summed E-state index contributed by atoms with van der Waals surface area (Å²) in [5.74, 6) is -1.51. The lowest BCUT2D eigenvalue weighted by Gasteiger charge is -2.37. The van der Waals surface area contributed by atoms with E-state index in [1.165, 1.54) is 14.2 Å². The first kappa shape index (κ1) is 27.0. The molecule has 4 aromatic carbocycles. The van der Waals surface area contributed by atoms with Gasteiger partial charge in [-0.3, -0.25) is 14.4 Å². The number of halogens is 1. The first-order valence-electron chi connectivity index (χ1n) is 13.9. The van der Waals surface area contributed by atoms with Crippen molar-refractivity contribution in [2.45, 2.75) is 17.5 Å². The van der Waals surface area contributed by atoms with Crippen molar-refractivity contribution in [1.29, 1.82) is 0 Å². The second kappa shape index (κ2) is 10.1. The molecule has 1 fully saturated rings. The molecule has 0 aromatic heterocycles. The number of nitrogens with one attached hydrogen (secondary N) is 1. The largest absolute Gasteiger partial charge is 0.497 e. The molecule has 214 valence electrons. The van der Waals surface area contributed by atoms with Crippen LogP contribution in [0.3, 0.4) is 0 Å². The average molecular weight is 591 g/mol. The van der Waals surface area contributed by atoms with Gasteiger partial charge < -0.3 is 19.7 Å². The predicted molar refractivity (Wildman–Crippen MR) is 165 cm³/mol. The molecule has 0 unspecified atom stereocenters. The normalized spacial score (nSPS) is 22.9. The lowest BCUT2D eigenvalue weighted by molar-refractivity contribution is -0.121. The van der Waals surface area contributed by atoms with Gasteiger partial charge in [0.05, 0.1) is 36.8 Å². The lowest BCUT2D eigenvalue weighted by atomic mass is 9.64. The van der Waals surface area contributed by atoms with Gasteiger partial charge >= 0.3 is 0 Å². The quantitative estimate of drug-likeness (QED) is 0.269. The van der Waals surface area contributed by atoms with Crippen LogP contribution in [0.4, 0.5) is 11.4 Å². The molecule has 0 saturated carbocycles. The Kier molecular flexibility index (Phi) is 6.36. The van der Waals surface area contributed by atoms with E-state index in [1.807, 2.05) is 65.6 Å². The van der Waals surface area contributed by atoms with Crippen molar-refractivity contribution >= 4 is 46.5 Å². The van der Waals surface area contributed by atoms with Gasteiger partial charge in [-0.2, -0.15) is 0 Å². The maximum absolute atomic E-state index is 15.1. The summed E-state index contributed by atoms with van der Waals surface area (Å²) in [4.78, 5) is 46.4. The fraction of sp³-hybridized carbons (Fsp3) is 0.171. The molecule has 3 aliphatic heterocycles. The Hall–Kier alpha value is -4.88. The van der Waals surface area contributed by atoms with Crippen LogP contribution < -0.4 is 19.7 Å². The van der Waals surface area contributed by atoms with Crippen LogP contribution in [-0.2, 0) is 10.2 Å². The van der Waals surface area contributed by atoms with Crippen molar-refractivity contribution in [1.82, 2.24) is 0 Å². The number of hydrogen-bond donors (Lipinski definition) is 1. The molecule has 0 aliphatic carbocycles. The van der Waals surface area contributed by atoms with Crippen molar-refractivity contribution in [3.05, 3.63) is 124 Å². The van der Waals surface area contributed by atoms with E-state index in [0.717, 1.165) is 11.3 Å². The summed E-state index contributed by atoms with van der Waals surface area (Å²) >= 11 is 6.61. The second-order valence-corrected chi connectivity index (χ2v) is 11.2. The standard InChI is InChI=1S/C35H27ClN2O5/c1-42-21-16-17-28(43-2)23(19-21)32(39)30-31(33(40)22-10-4-6-12-25(22)36)38-27-14-8-3-9-20(27)15-18-29(38)35(30)24-11-5-7-13-26(24)37-34(35)41/h3-19,29-31H,1-2H3,(H,37,41)/t29-,30+,31-,35-/m1/s1. The minimum absolute atomic E-state index is 0.220. The zero-order chi connectivity index (χ0) is 29.9. The smallest absolute Gasteiger partial charge is 0.238 e. The van der Waals surface area contributed by atoms with Crippen molar-refractivity contribution in [3.8, 4) is 11.5 Å². The maximum Gasteiger partial charge on any atom is 0.238 e. The van der Waals surface area contributed by atoms with Crippen LogP contribution in [0.1, 0.15) is 31.8 Å². The number of carbonyl (C=O) groups is 3. The minimum atomic E-state index is -1.45. The number of ketones is 2. The van der Waals surface area contributed by atoms with Gasteiger partial charge in [0.25, 0.3) is 0 Å². The summed E-state index contributed by atoms with van der Waals surface area (Å²) < 4.78 is 11.1. The molecule has 7 rings (SSSR count). The van der Waals surface area contributed by atoms with Gasteiger partial charge in [-0.25, -0.2) is 0 Å². The number of amides is 1. The van der Waals surface area contributed by atoms with Gasteiger partial charge in [0, 0.05) is 16.9 Å². The number of Topliss-reactive ketones (excluding diaryl/α,β-unsaturated/α-hetero) is 2. The number of methoxy groups -OCH3 is 2. The van der Waals surface area contributed by atoms with Gasteiger partial charge in [-0.15, -0.1) is 0 Å². The third kappa shape index (κ3) is 3.78. The number of fused-ring (bicyclic) bond motifs is 6. The summed E-state index contributed by atoms with van der Waals surface area (Å²) in [5.41, 5.74) is 1.95. The molecule has 0 radical (unpaired) electrons. The summed E-state index contributed by atoms with van der Waals surface area (Å²) in [6, 6.07) is 25.1. The van der Waals surface area contributed by atoms with Crippen molar-refractivity contribution in [2.24, 2.45) is 5.92 Å². The zero-order valence-corrected chi connectivity index (χ0v) is 24.2. The predicted octanol–water partition coefficient (Wildman–Crippen LogP) is 6.21. The number of rotatable bonds is 6. The Morgan fingerprint density at radius 3 is 2.40 bits per heavy atom. The van der Waals surface area contributed by atoms with Crippen LogP contribution in [0.5, 0.6) is 11.5 Å². The maximum atomic E-state index is 15.1. The van der Waals surface area contributed by atoms with E-state index in [1.54, 1.807) is 42.5 Å². The van der Waals surface area contributed by atoms with E-state index in [4.69, 9.17) is 21.1 Å². The van der Waals surface area contributed by atoms with E-state index < -0.39 is 29.2 Å². The zero-order valence-electron chi connectivity index (χ0n) is 23.4. The number of benzene rings is 4. The third-order valence-corrected chi connectivity index (χ3v) is 9.23. The summed E-state index contributed by atoms with van der Waals surface area (Å²) in [7, 11) is 2.99. The van der Waals surface area contributed by atoms with E-state index in [9.17, 15) is 9.59 Å². The number of carbonyl (C=O) groups excluding carboxylic acids is 3. The van der Waals surface area contributed by atoms with Gasteiger partial charge in [0.1, 0.15) is 23.0 Å². The Labute approximate surface area is 253 Å². The Bertz CT molecular complexity index is 1850. The second-order valence-electron chi connectivity index (χ2n) is 10.8.